The number of aromatic nitrogens is 2. The van der Waals surface area contributed by atoms with Crippen LogP contribution >= 0.6 is 23.8 Å². The fraction of sp³-hybridized carbons (Fsp3) is 0.353. The molecule has 1 N–H and O–H groups in total. The van der Waals surface area contributed by atoms with Gasteiger partial charge in [0.2, 0.25) is 0 Å². The van der Waals surface area contributed by atoms with Crippen molar-refractivity contribution in [1.82, 2.24) is 14.9 Å². The summed E-state index contributed by atoms with van der Waals surface area (Å²) in [5, 5.41) is 5.06. The number of nitrogens with zero attached hydrogens (tertiary/aromatic N) is 4. The first-order chi connectivity index (χ1) is 19.9. The maximum atomic E-state index is 6.99. The molecule has 4 aromatic rings. The van der Waals surface area contributed by atoms with Crippen molar-refractivity contribution in [3.8, 4) is 5.69 Å². The SMILES string of the molecule is CCc1ccc(-n2c(C)cc([C@@H]3[C@H](c4ccccn4)NC(=S)N3c3ccc(N4CCC(C)CC4)c(Cl)c3)c2C)cc1. The summed E-state index contributed by atoms with van der Waals surface area (Å²) in [5.74, 6) is 0.769. The highest BCUT2D eigenvalue weighted by Crippen LogP contribution is 2.45. The average molecular weight is 584 g/mol. The normalized spacial score (nSPS) is 19.6. The lowest BCUT2D eigenvalue weighted by atomic mass is 9.96. The van der Waals surface area contributed by atoms with Crippen molar-refractivity contribution < 1.29 is 0 Å². The second-order valence-corrected chi connectivity index (χ2v) is 12.3. The number of thiocarbonyl (C=S) groups is 1. The Bertz CT molecular complexity index is 1540. The van der Waals surface area contributed by atoms with Crippen LogP contribution in [0.2, 0.25) is 5.02 Å². The van der Waals surface area contributed by atoms with Gasteiger partial charge < -0.3 is 19.7 Å². The largest absolute Gasteiger partial charge is 0.370 e. The molecule has 5 nitrogen and oxygen atoms in total. The van der Waals surface area contributed by atoms with Crippen LogP contribution in [-0.4, -0.2) is 27.8 Å². The van der Waals surface area contributed by atoms with Crippen molar-refractivity contribution in [2.24, 2.45) is 5.92 Å². The van der Waals surface area contributed by atoms with Crippen molar-refractivity contribution in [2.45, 2.75) is 59.0 Å². The monoisotopic (exact) mass is 583 g/mol. The van der Waals surface area contributed by atoms with E-state index in [1.807, 2.05) is 18.3 Å². The van der Waals surface area contributed by atoms with Gasteiger partial charge in [-0.3, -0.25) is 4.98 Å². The molecule has 6 rings (SSSR count). The molecule has 2 aliphatic rings. The topological polar surface area (TPSA) is 36.3 Å². The van der Waals surface area contributed by atoms with Crippen LogP contribution in [0.25, 0.3) is 5.69 Å². The molecule has 2 fully saturated rings. The summed E-state index contributed by atoms with van der Waals surface area (Å²) in [6, 6.07) is 23.5. The third-order valence-electron chi connectivity index (χ3n) is 8.82. The molecule has 212 valence electrons. The minimum Gasteiger partial charge on any atom is -0.370 e. The molecule has 2 saturated heterocycles. The average Bonchev–Trinajstić information content (AvgIpc) is 3.48. The first-order valence-electron chi connectivity index (χ1n) is 14.7. The van der Waals surface area contributed by atoms with Gasteiger partial charge in [0, 0.05) is 42.0 Å². The van der Waals surface area contributed by atoms with E-state index in [1.54, 1.807) is 0 Å². The Kier molecular flexibility index (Phi) is 7.80. The molecule has 0 saturated carbocycles. The number of piperidine rings is 1. The lowest BCUT2D eigenvalue weighted by molar-refractivity contribution is 0.438. The summed E-state index contributed by atoms with van der Waals surface area (Å²) in [7, 11) is 0. The molecule has 7 heteroatoms. The Morgan fingerprint density at radius 3 is 2.37 bits per heavy atom. The molecule has 0 aliphatic carbocycles. The molecule has 4 heterocycles. The standard InChI is InChI=1S/C34H38ClN5S/c1-5-25-9-11-26(12-10-25)39-23(3)20-28(24(39)4)33-32(30-8-6-7-17-36-30)37-34(41)40(33)27-13-14-31(29(35)21-27)38-18-15-22(2)16-19-38/h6-14,17,20-22,32-33H,5,15-16,18-19H2,1-4H3,(H,37,41)/t32-,33+/m0/s1. The van der Waals surface area contributed by atoms with E-state index in [-0.39, 0.29) is 12.1 Å². The molecular weight excluding hydrogens is 546 g/mol. The van der Waals surface area contributed by atoms with Gasteiger partial charge in [0.05, 0.1) is 28.5 Å². The predicted molar refractivity (Wildman–Crippen MR) is 175 cm³/mol. The van der Waals surface area contributed by atoms with E-state index >= 15 is 0 Å². The number of benzene rings is 2. The molecule has 2 aliphatic heterocycles. The van der Waals surface area contributed by atoms with Gasteiger partial charge in [-0.2, -0.15) is 0 Å². The first-order valence-corrected chi connectivity index (χ1v) is 15.5. The Hall–Kier alpha value is -3.35. The Balaban J connectivity index is 1.42. The summed E-state index contributed by atoms with van der Waals surface area (Å²) in [6.45, 7) is 11.0. The zero-order valence-corrected chi connectivity index (χ0v) is 25.8. The molecule has 0 radical (unpaired) electrons. The van der Waals surface area contributed by atoms with Crippen LogP contribution in [-0.2, 0) is 6.42 Å². The summed E-state index contributed by atoms with van der Waals surface area (Å²) in [4.78, 5) is 9.39. The quantitative estimate of drug-likeness (QED) is 0.232. The number of anilines is 2. The van der Waals surface area contributed by atoms with Crippen LogP contribution in [0.3, 0.4) is 0 Å². The Morgan fingerprint density at radius 2 is 1.71 bits per heavy atom. The van der Waals surface area contributed by atoms with Crippen LogP contribution in [0, 0.1) is 19.8 Å². The number of rotatable bonds is 6. The van der Waals surface area contributed by atoms with Gasteiger partial charge in [0.25, 0.3) is 0 Å². The van der Waals surface area contributed by atoms with Crippen molar-refractivity contribution in [1.29, 1.82) is 0 Å². The van der Waals surface area contributed by atoms with E-state index < -0.39 is 0 Å². The van der Waals surface area contributed by atoms with E-state index in [1.165, 1.54) is 41.0 Å². The van der Waals surface area contributed by atoms with Gasteiger partial charge in [-0.05, 0) is 111 Å². The van der Waals surface area contributed by atoms with Crippen LogP contribution < -0.4 is 15.1 Å². The second kappa shape index (κ2) is 11.5. The van der Waals surface area contributed by atoms with Crippen LogP contribution in [0.4, 0.5) is 11.4 Å². The zero-order chi connectivity index (χ0) is 28.7. The smallest absolute Gasteiger partial charge is 0.174 e. The molecule has 2 atom stereocenters. The lowest BCUT2D eigenvalue weighted by Crippen LogP contribution is -2.33. The summed E-state index contributed by atoms with van der Waals surface area (Å²) in [5.41, 5.74) is 9.16. The third-order valence-corrected chi connectivity index (χ3v) is 9.44. The molecule has 0 unspecified atom stereocenters. The van der Waals surface area contributed by atoms with E-state index in [4.69, 9.17) is 28.8 Å². The second-order valence-electron chi connectivity index (χ2n) is 11.5. The van der Waals surface area contributed by atoms with Gasteiger partial charge in [0.15, 0.2) is 5.11 Å². The van der Waals surface area contributed by atoms with E-state index in [0.717, 1.165) is 47.5 Å². The van der Waals surface area contributed by atoms with Gasteiger partial charge in [0.1, 0.15) is 0 Å². The summed E-state index contributed by atoms with van der Waals surface area (Å²) < 4.78 is 2.34. The van der Waals surface area contributed by atoms with Gasteiger partial charge in [-0.25, -0.2) is 0 Å². The highest BCUT2D eigenvalue weighted by Gasteiger charge is 2.42. The van der Waals surface area contributed by atoms with Gasteiger partial charge >= 0.3 is 0 Å². The minimum atomic E-state index is -0.109. The van der Waals surface area contributed by atoms with E-state index in [0.29, 0.717) is 5.11 Å². The van der Waals surface area contributed by atoms with Crippen molar-refractivity contribution >= 4 is 40.3 Å². The number of aryl methyl sites for hydroxylation is 2. The summed E-state index contributed by atoms with van der Waals surface area (Å²) in [6.07, 6.45) is 5.27. The fourth-order valence-electron chi connectivity index (χ4n) is 6.47. The number of halogens is 1. The first kappa shape index (κ1) is 27.8. The van der Waals surface area contributed by atoms with Gasteiger partial charge in [-0.1, -0.05) is 43.6 Å². The molecule has 2 aromatic carbocycles. The Morgan fingerprint density at radius 1 is 0.976 bits per heavy atom. The number of hydrogen-bond acceptors (Lipinski definition) is 3. The van der Waals surface area contributed by atoms with Crippen molar-refractivity contribution in [2.75, 3.05) is 22.9 Å². The zero-order valence-electron chi connectivity index (χ0n) is 24.3. The van der Waals surface area contributed by atoms with Crippen LogP contribution in [0.15, 0.2) is 72.9 Å². The number of hydrogen-bond donors (Lipinski definition) is 1. The molecule has 0 bridgehead atoms. The highest BCUT2D eigenvalue weighted by atomic mass is 35.5. The lowest BCUT2D eigenvalue weighted by Gasteiger charge is -2.33. The highest BCUT2D eigenvalue weighted by molar-refractivity contribution is 7.80. The molecule has 0 spiro atoms. The van der Waals surface area contributed by atoms with Crippen molar-refractivity contribution in [3.63, 3.8) is 0 Å². The molecular formula is C34H38ClN5S. The van der Waals surface area contributed by atoms with Crippen LogP contribution in [0.1, 0.15) is 67.0 Å². The maximum Gasteiger partial charge on any atom is 0.174 e. The maximum absolute atomic E-state index is 6.99. The molecule has 2 aromatic heterocycles. The van der Waals surface area contributed by atoms with E-state index in [9.17, 15) is 0 Å². The predicted octanol–water partition coefficient (Wildman–Crippen LogP) is 8.12. The van der Waals surface area contributed by atoms with Crippen molar-refractivity contribution in [3.05, 3.63) is 106 Å². The van der Waals surface area contributed by atoms with Gasteiger partial charge in [-0.15, -0.1) is 0 Å². The Labute approximate surface area is 254 Å². The number of nitrogens with one attached hydrogen (secondary N) is 1. The van der Waals surface area contributed by atoms with Crippen LogP contribution in [0.5, 0.6) is 0 Å². The fourth-order valence-corrected chi connectivity index (χ4v) is 7.11. The number of pyridine rings is 1. The summed E-state index contributed by atoms with van der Waals surface area (Å²) >= 11 is 13.0. The molecule has 41 heavy (non-hydrogen) atoms. The van der Waals surface area contributed by atoms with E-state index in [2.05, 4.69) is 102 Å². The molecule has 0 amide bonds. The minimum absolute atomic E-state index is 0.0926. The third kappa shape index (κ3) is 5.24.